The van der Waals surface area contributed by atoms with Gasteiger partial charge in [0, 0.05) is 30.5 Å². The van der Waals surface area contributed by atoms with Crippen molar-refractivity contribution in [1.29, 1.82) is 5.26 Å². The number of carbonyl (C=O) groups is 1. The van der Waals surface area contributed by atoms with Crippen LogP contribution in [0.15, 0.2) is 59.1 Å². The lowest BCUT2D eigenvalue weighted by atomic mass is 9.86. The maximum atomic E-state index is 13.1. The van der Waals surface area contributed by atoms with Crippen molar-refractivity contribution >= 4 is 17.7 Å². The lowest BCUT2D eigenvalue weighted by Gasteiger charge is -2.41. The van der Waals surface area contributed by atoms with E-state index in [4.69, 9.17) is 9.47 Å². The van der Waals surface area contributed by atoms with E-state index in [-0.39, 0.29) is 18.2 Å². The molecule has 154 valence electrons. The van der Waals surface area contributed by atoms with E-state index in [2.05, 4.69) is 23.1 Å². The average molecular weight is 422 g/mol. The number of carbonyl (C=O) groups excluding carboxylic acids is 1. The Balaban J connectivity index is 1.63. The number of methoxy groups -OCH3 is 2. The minimum atomic E-state index is -0.317. The molecular formula is C23H23N3O3S. The molecule has 0 unspecified atom stereocenters. The van der Waals surface area contributed by atoms with E-state index in [0.29, 0.717) is 23.7 Å². The molecule has 0 spiro atoms. The van der Waals surface area contributed by atoms with Gasteiger partial charge in [0.1, 0.15) is 11.5 Å². The van der Waals surface area contributed by atoms with Gasteiger partial charge in [0.15, 0.2) is 0 Å². The summed E-state index contributed by atoms with van der Waals surface area (Å²) < 4.78 is 10.8. The molecular weight excluding hydrogens is 398 g/mol. The van der Waals surface area contributed by atoms with Crippen LogP contribution in [-0.2, 0) is 11.3 Å². The normalized spacial score (nSPS) is 19.3. The molecule has 6 nitrogen and oxygen atoms in total. The van der Waals surface area contributed by atoms with Gasteiger partial charge in [-0.1, -0.05) is 48.2 Å². The third-order valence-corrected chi connectivity index (χ3v) is 6.62. The smallest absolute Gasteiger partial charge is 0.229 e. The Labute approximate surface area is 180 Å². The van der Waals surface area contributed by atoms with Crippen LogP contribution >= 0.6 is 11.8 Å². The van der Waals surface area contributed by atoms with Crippen LogP contribution in [0.1, 0.15) is 23.5 Å². The first-order chi connectivity index (χ1) is 14.6. The van der Waals surface area contributed by atoms with Crippen LogP contribution in [0.4, 0.5) is 0 Å². The first kappa shape index (κ1) is 20.3. The summed E-state index contributed by atoms with van der Waals surface area (Å²) in [4.78, 5) is 17.0. The third-order valence-electron chi connectivity index (χ3n) is 5.41. The lowest BCUT2D eigenvalue weighted by molar-refractivity contribution is -0.131. The summed E-state index contributed by atoms with van der Waals surface area (Å²) in [5.41, 5.74) is 2.67. The highest BCUT2D eigenvalue weighted by atomic mass is 32.2. The van der Waals surface area contributed by atoms with Gasteiger partial charge in [0.2, 0.25) is 5.91 Å². The van der Waals surface area contributed by atoms with Crippen molar-refractivity contribution in [3.05, 3.63) is 70.3 Å². The van der Waals surface area contributed by atoms with E-state index < -0.39 is 0 Å². The fraction of sp³-hybridized carbons (Fsp3) is 0.304. The zero-order valence-corrected chi connectivity index (χ0v) is 17.8. The summed E-state index contributed by atoms with van der Waals surface area (Å²) >= 11 is 1.55. The Bertz CT molecular complexity index is 1020. The van der Waals surface area contributed by atoms with Crippen LogP contribution < -0.4 is 9.47 Å². The summed E-state index contributed by atoms with van der Waals surface area (Å²) in [6, 6.07) is 18.1. The molecule has 0 aliphatic carbocycles. The number of ether oxygens (including phenoxy) is 2. The predicted octanol–water partition coefficient (Wildman–Crippen LogP) is 3.92. The van der Waals surface area contributed by atoms with E-state index in [1.54, 1.807) is 36.9 Å². The molecule has 2 aromatic carbocycles. The number of thioether (sulfide) groups is 1. The number of nitrogens with zero attached hydrogens (tertiary/aromatic N) is 3. The highest BCUT2D eigenvalue weighted by Gasteiger charge is 2.39. The summed E-state index contributed by atoms with van der Waals surface area (Å²) in [5, 5.41) is 10.7. The molecule has 0 aromatic heterocycles. The topological polar surface area (TPSA) is 65.8 Å². The van der Waals surface area contributed by atoms with Crippen LogP contribution in [0.5, 0.6) is 11.5 Å². The monoisotopic (exact) mass is 421 g/mol. The van der Waals surface area contributed by atoms with Gasteiger partial charge in [-0.3, -0.25) is 14.6 Å². The number of hydrogen-bond donors (Lipinski definition) is 0. The fourth-order valence-electron chi connectivity index (χ4n) is 3.92. The zero-order chi connectivity index (χ0) is 21.1. The Morgan fingerprint density at radius 3 is 2.67 bits per heavy atom. The molecule has 2 aliphatic heterocycles. The second kappa shape index (κ2) is 8.82. The third kappa shape index (κ3) is 3.89. The van der Waals surface area contributed by atoms with Gasteiger partial charge in [0.25, 0.3) is 0 Å². The molecule has 0 bridgehead atoms. The standard InChI is InChI=1S/C23H23N3O3S/c1-28-17-8-9-18(21(10-17)29-2)19-11-22(27)26-14-25(13-16-6-4-3-5-7-16)15-30-23(26)20(19)12-24/h3-10,19H,11,13-15H2,1-2H3/t19-/m0/s1. The molecule has 1 amide bonds. The highest BCUT2D eigenvalue weighted by Crippen LogP contribution is 2.45. The molecule has 4 rings (SSSR count). The van der Waals surface area contributed by atoms with Crippen LogP contribution in [0.3, 0.4) is 0 Å². The van der Waals surface area contributed by atoms with Gasteiger partial charge in [-0.15, -0.1) is 0 Å². The van der Waals surface area contributed by atoms with Crippen molar-refractivity contribution in [1.82, 2.24) is 9.80 Å². The Kier molecular flexibility index (Phi) is 5.98. The van der Waals surface area contributed by atoms with E-state index in [1.165, 1.54) is 5.56 Å². The lowest BCUT2D eigenvalue weighted by Crippen LogP contribution is -2.46. The molecule has 2 aromatic rings. The van der Waals surface area contributed by atoms with Crippen LogP contribution in [0.25, 0.3) is 0 Å². The molecule has 1 saturated heterocycles. The van der Waals surface area contributed by atoms with Gasteiger partial charge in [-0.05, 0) is 11.6 Å². The number of amides is 1. The second-order valence-electron chi connectivity index (χ2n) is 7.25. The Hall–Kier alpha value is -2.95. The summed E-state index contributed by atoms with van der Waals surface area (Å²) in [7, 11) is 3.18. The van der Waals surface area contributed by atoms with Crippen molar-refractivity contribution in [2.24, 2.45) is 0 Å². The SMILES string of the molecule is COc1ccc([C@@H]2CC(=O)N3CN(Cc4ccccc4)CSC3=C2C#N)c(OC)c1. The van der Waals surface area contributed by atoms with Crippen molar-refractivity contribution in [2.75, 3.05) is 26.8 Å². The van der Waals surface area contributed by atoms with Crippen LogP contribution in [0, 0.1) is 11.3 Å². The van der Waals surface area contributed by atoms with Crippen molar-refractivity contribution in [3.8, 4) is 17.6 Å². The summed E-state index contributed by atoms with van der Waals surface area (Å²) in [6.45, 7) is 1.26. The van der Waals surface area contributed by atoms with Gasteiger partial charge in [-0.25, -0.2) is 0 Å². The fourth-order valence-corrected chi connectivity index (χ4v) is 5.06. The van der Waals surface area contributed by atoms with Crippen molar-refractivity contribution < 1.29 is 14.3 Å². The first-order valence-corrected chi connectivity index (χ1v) is 10.7. The summed E-state index contributed by atoms with van der Waals surface area (Å²) in [5.74, 6) is 1.74. The molecule has 1 fully saturated rings. The average Bonchev–Trinajstić information content (AvgIpc) is 2.79. The molecule has 1 atom stereocenters. The number of rotatable bonds is 5. The minimum absolute atomic E-state index is 0.0251. The molecule has 0 N–H and O–H groups in total. The maximum Gasteiger partial charge on any atom is 0.229 e. The highest BCUT2D eigenvalue weighted by molar-refractivity contribution is 8.03. The molecule has 7 heteroatoms. The molecule has 2 heterocycles. The van der Waals surface area contributed by atoms with Crippen LogP contribution in [0.2, 0.25) is 0 Å². The number of hydrogen-bond acceptors (Lipinski definition) is 6. The van der Waals surface area contributed by atoms with Gasteiger partial charge < -0.3 is 9.47 Å². The number of benzene rings is 2. The van der Waals surface area contributed by atoms with Crippen molar-refractivity contribution in [2.45, 2.75) is 18.9 Å². The second-order valence-corrected chi connectivity index (χ2v) is 8.18. The van der Waals surface area contributed by atoms with E-state index in [9.17, 15) is 10.1 Å². The van der Waals surface area contributed by atoms with Crippen molar-refractivity contribution in [3.63, 3.8) is 0 Å². The van der Waals surface area contributed by atoms with E-state index in [1.807, 2.05) is 30.3 Å². The number of nitriles is 1. The van der Waals surface area contributed by atoms with Gasteiger partial charge >= 0.3 is 0 Å². The van der Waals surface area contributed by atoms with E-state index >= 15 is 0 Å². The Morgan fingerprint density at radius 2 is 1.97 bits per heavy atom. The maximum absolute atomic E-state index is 13.1. The first-order valence-electron chi connectivity index (χ1n) is 9.70. The largest absolute Gasteiger partial charge is 0.497 e. The predicted molar refractivity (Wildman–Crippen MR) is 116 cm³/mol. The molecule has 2 aliphatic rings. The zero-order valence-electron chi connectivity index (χ0n) is 17.0. The van der Waals surface area contributed by atoms with Crippen LogP contribution in [-0.4, -0.2) is 42.5 Å². The molecule has 0 radical (unpaired) electrons. The van der Waals surface area contributed by atoms with Gasteiger partial charge in [0.05, 0.1) is 43.4 Å². The molecule has 0 saturated carbocycles. The summed E-state index contributed by atoms with van der Waals surface area (Å²) in [6.07, 6.45) is 0.245. The minimum Gasteiger partial charge on any atom is -0.497 e. The number of allylic oxidation sites excluding steroid dienone is 1. The Morgan fingerprint density at radius 1 is 1.17 bits per heavy atom. The van der Waals surface area contributed by atoms with E-state index in [0.717, 1.165) is 23.0 Å². The quantitative estimate of drug-likeness (QED) is 0.729. The molecule has 30 heavy (non-hydrogen) atoms. The van der Waals surface area contributed by atoms with Gasteiger partial charge in [-0.2, -0.15) is 5.26 Å². The number of fused-ring (bicyclic) bond motifs is 1.